The van der Waals surface area contributed by atoms with E-state index in [0.717, 1.165) is 40.7 Å². The molecule has 6 rings (SSSR count). The number of rotatable bonds is 4. The molecule has 0 aliphatic rings. The van der Waals surface area contributed by atoms with E-state index in [9.17, 15) is 22.0 Å². The van der Waals surface area contributed by atoms with Crippen LogP contribution in [0.15, 0.2) is 109 Å². The molecule has 5 aromatic carbocycles. The topological polar surface area (TPSA) is 12.9 Å². The molecule has 56 heavy (non-hydrogen) atoms. The third kappa shape index (κ3) is 11.2. The molecule has 0 radical (unpaired) electrons. The lowest BCUT2D eigenvalue weighted by Crippen LogP contribution is -2.14. The number of hydrogen-bond acceptors (Lipinski definition) is 1. The van der Waals surface area contributed by atoms with Crippen LogP contribution in [0.25, 0.3) is 33.5 Å². The van der Waals surface area contributed by atoms with E-state index in [-0.39, 0.29) is 24.1 Å². The molecule has 296 valence electrons. The molecule has 0 fully saturated rings. The van der Waals surface area contributed by atoms with E-state index in [1.54, 1.807) is 32.0 Å². The first-order valence-corrected chi connectivity index (χ1v) is 18.5. The summed E-state index contributed by atoms with van der Waals surface area (Å²) in [4.78, 5) is 4.78. The van der Waals surface area contributed by atoms with Crippen molar-refractivity contribution < 1.29 is 22.0 Å². The highest BCUT2D eigenvalue weighted by Crippen LogP contribution is 2.34. The first-order chi connectivity index (χ1) is 25.7. The molecule has 0 amide bonds. The van der Waals surface area contributed by atoms with Crippen LogP contribution in [0.2, 0.25) is 0 Å². The Balaban J connectivity index is 0.000000224. The Morgan fingerprint density at radius 1 is 0.518 bits per heavy atom. The molecule has 0 bridgehead atoms. The Labute approximate surface area is 331 Å². The summed E-state index contributed by atoms with van der Waals surface area (Å²) in [6.07, 6.45) is 0. The third-order valence-electron chi connectivity index (χ3n) is 9.40. The molecule has 1 heterocycles. The molecule has 0 aliphatic heterocycles. The summed E-state index contributed by atoms with van der Waals surface area (Å²) in [5, 5.41) is 0. The van der Waals surface area contributed by atoms with Crippen molar-refractivity contribution in [3.8, 4) is 33.5 Å². The summed E-state index contributed by atoms with van der Waals surface area (Å²) in [7, 11) is 0. The Morgan fingerprint density at radius 2 is 1.12 bits per heavy atom. The van der Waals surface area contributed by atoms with Gasteiger partial charge in [-0.05, 0) is 101 Å². The maximum atomic E-state index is 14.7. The zero-order chi connectivity index (χ0) is 40.8. The molecule has 1 aromatic heterocycles. The first kappa shape index (κ1) is 45.3. The Bertz CT molecular complexity index is 2230. The molecule has 0 saturated carbocycles. The van der Waals surface area contributed by atoms with Crippen molar-refractivity contribution in [2.45, 2.75) is 100 Å². The van der Waals surface area contributed by atoms with Gasteiger partial charge >= 0.3 is 0 Å². The number of benzene rings is 5. The Kier molecular flexibility index (Phi) is 15.1. The van der Waals surface area contributed by atoms with Crippen molar-refractivity contribution in [3.63, 3.8) is 0 Å². The van der Waals surface area contributed by atoms with Crippen LogP contribution in [0.5, 0.6) is 0 Å². The lowest BCUT2D eigenvalue weighted by molar-refractivity contribution is 0.507. The molecule has 0 atom stereocenters. The maximum absolute atomic E-state index is 14.7. The number of halogens is 5. The Morgan fingerprint density at radius 3 is 1.73 bits per heavy atom. The monoisotopic (exact) mass is 765 g/mol. The summed E-state index contributed by atoms with van der Waals surface area (Å²) in [6, 6.07) is 31.9. The normalized spacial score (nSPS) is 11.2. The van der Waals surface area contributed by atoms with Crippen molar-refractivity contribution in [3.05, 3.63) is 172 Å². The second kappa shape index (κ2) is 18.7. The van der Waals surface area contributed by atoms with Crippen LogP contribution in [-0.4, -0.2) is 4.98 Å². The van der Waals surface area contributed by atoms with E-state index in [1.165, 1.54) is 17.2 Å². The minimum Gasteiger partial charge on any atom is -0.252 e. The lowest BCUT2D eigenvalue weighted by atomic mass is 9.84. The number of aromatic nitrogens is 1. The second-order valence-electron chi connectivity index (χ2n) is 16.3. The predicted molar refractivity (Wildman–Crippen MR) is 226 cm³/mol. The fourth-order valence-electron chi connectivity index (χ4n) is 6.24. The van der Waals surface area contributed by atoms with Gasteiger partial charge in [0.05, 0.1) is 5.69 Å². The highest BCUT2D eigenvalue weighted by atomic mass is 19.2. The molecule has 6 aromatic rings. The van der Waals surface area contributed by atoms with Gasteiger partial charge in [-0.15, -0.1) is 0 Å². The fourth-order valence-corrected chi connectivity index (χ4v) is 6.24. The third-order valence-corrected chi connectivity index (χ3v) is 9.40. The molecule has 0 aliphatic carbocycles. The van der Waals surface area contributed by atoms with Crippen LogP contribution in [0.4, 0.5) is 22.0 Å². The average Bonchev–Trinajstić information content (AvgIpc) is 3.10. The first-order valence-electron chi connectivity index (χ1n) is 18.5. The predicted octanol–water partition coefficient (Wildman–Crippen LogP) is 15.4. The van der Waals surface area contributed by atoms with E-state index in [4.69, 9.17) is 4.98 Å². The minimum atomic E-state index is -0.967. The minimum absolute atomic E-state index is 0. The van der Waals surface area contributed by atoms with Crippen molar-refractivity contribution in [1.29, 1.82) is 0 Å². The molecule has 0 spiro atoms. The van der Waals surface area contributed by atoms with Crippen molar-refractivity contribution >= 4 is 0 Å². The van der Waals surface area contributed by atoms with Crippen LogP contribution in [0, 0.1) is 49.9 Å². The summed E-state index contributed by atoms with van der Waals surface area (Å²) < 4.78 is 68.2. The van der Waals surface area contributed by atoms with Gasteiger partial charge in [-0.1, -0.05) is 136 Å². The number of pyridine rings is 1. The number of aryl methyl sites for hydroxylation is 3. The van der Waals surface area contributed by atoms with Gasteiger partial charge in [-0.25, -0.2) is 22.0 Å². The number of hydrogen-bond donors (Lipinski definition) is 0. The van der Waals surface area contributed by atoms with Gasteiger partial charge in [-0.2, -0.15) is 0 Å². The fraction of sp³-hybridized carbons (Fsp3) is 0.300. The van der Waals surface area contributed by atoms with Crippen molar-refractivity contribution in [2.24, 2.45) is 0 Å². The van der Waals surface area contributed by atoms with Crippen LogP contribution in [-0.2, 0) is 10.8 Å². The maximum Gasteiger partial charge on any atom is 0.159 e. The van der Waals surface area contributed by atoms with E-state index in [0.29, 0.717) is 39.3 Å². The van der Waals surface area contributed by atoms with Crippen molar-refractivity contribution in [2.75, 3.05) is 0 Å². The molecule has 0 unspecified atom stereocenters. The van der Waals surface area contributed by atoms with Crippen LogP contribution in [0.1, 0.15) is 102 Å². The zero-order valence-electron chi connectivity index (χ0n) is 33.8. The summed E-state index contributed by atoms with van der Waals surface area (Å²) in [6.45, 7) is 22.0. The van der Waals surface area contributed by atoms with Crippen LogP contribution in [0.3, 0.4) is 0 Å². The molecule has 0 saturated heterocycles. The lowest BCUT2D eigenvalue weighted by Gasteiger charge is -2.21. The number of nitrogens with zero attached hydrogens (tertiary/aromatic N) is 1. The van der Waals surface area contributed by atoms with Crippen LogP contribution < -0.4 is 0 Å². The molecular formula is C50H56F5N. The summed E-state index contributed by atoms with van der Waals surface area (Å²) >= 11 is 0. The van der Waals surface area contributed by atoms with Crippen LogP contribution >= 0.6 is 0 Å². The average molecular weight is 766 g/mol. The van der Waals surface area contributed by atoms with Gasteiger partial charge in [0.1, 0.15) is 17.5 Å². The van der Waals surface area contributed by atoms with E-state index >= 15 is 0 Å². The highest BCUT2D eigenvalue weighted by Gasteiger charge is 2.22. The smallest absolute Gasteiger partial charge is 0.159 e. The molecular weight excluding hydrogens is 710 g/mol. The standard InChI is InChI=1S/C17H17F3.C16H16F2.C16H19N.CH4/c1-10-8-14(18)15(19)9-12(10)11-6-5-7-13(16(11)20)17(2,3)4;1-10(2)12-5-4-6-13(8-12)16-11(3)7-14(17)9-15(16)18;1-12-8-5-6-9-13(12)14-10-7-11-15(17-14)16(2,3)4;/h5-9H,1-4H3;4-10H,1-3H3;5-11H,1-4H3;1H4. The van der Waals surface area contributed by atoms with Gasteiger partial charge in [0.15, 0.2) is 11.6 Å². The van der Waals surface area contributed by atoms with E-state index in [1.807, 2.05) is 45.0 Å². The molecule has 1 nitrogen and oxygen atoms in total. The van der Waals surface area contributed by atoms with E-state index in [2.05, 4.69) is 84.0 Å². The Hall–Kier alpha value is -5.10. The van der Waals surface area contributed by atoms with E-state index < -0.39 is 23.3 Å². The van der Waals surface area contributed by atoms with Crippen molar-refractivity contribution in [1.82, 2.24) is 4.98 Å². The van der Waals surface area contributed by atoms with Gasteiger partial charge in [0.25, 0.3) is 0 Å². The second-order valence-corrected chi connectivity index (χ2v) is 16.3. The SMILES string of the molecule is C.Cc1cc(F)c(F)cc1-c1cccc(C(C)(C)C)c1F.Cc1cc(F)cc(F)c1-c1cccc(C(C)C)c1.Cc1ccccc1-c1cccc(C(C)(C)C)n1. The summed E-state index contributed by atoms with van der Waals surface area (Å²) in [5.41, 5.74) is 9.23. The van der Waals surface area contributed by atoms with Gasteiger partial charge in [-0.3, -0.25) is 4.98 Å². The largest absolute Gasteiger partial charge is 0.252 e. The molecule has 0 N–H and O–H groups in total. The quantitative estimate of drug-likeness (QED) is 0.163. The van der Waals surface area contributed by atoms with Gasteiger partial charge in [0.2, 0.25) is 0 Å². The molecule has 6 heteroatoms. The summed E-state index contributed by atoms with van der Waals surface area (Å²) in [5.74, 6) is -2.92. The van der Waals surface area contributed by atoms with Gasteiger partial charge in [0, 0.05) is 33.9 Å². The zero-order valence-corrected chi connectivity index (χ0v) is 33.8. The van der Waals surface area contributed by atoms with Gasteiger partial charge < -0.3 is 0 Å². The highest BCUT2D eigenvalue weighted by molar-refractivity contribution is 5.70.